The van der Waals surface area contributed by atoms with Gasteiger partial charge < -0.3 is 16.4 Å². The Hall–Kier alpha value is -3.33. The molecule has 1 saturated heterocycles. The van der Waals surface area contributed by atoms with E-state index >= 15 is 0 Å². The minimum atomic E-state index is -4.60. The van der Waals surface area contributed by atoms with Crippen LogP contribution in [0.3, 0.4) is 0 Å². The molecule has 0 spiro atoms. The monoisotopic (exact) mass is 446 g/mol. The van der Waals surface area contributed by atoms with Gasteiger partial charge >= 0.3 is 6.18 Å². The molecule has 2 amide bonds. The van der Waals surface area contributed by atoms with Crippen molar-refractivity contribution in [3.8, 4) is 0 Å². The van der Waals surface area contributed by atoms with E-state index in [0.717, 1.165) is 42.8 Å². The Balaban J connectivity index is 1.47. The fourth-order valence-electron chi connectivity index (χ4n) is 3.58. The number of likely N-dealkylation sites (tertiary alicyclic amines) is 1. The quantitative estimate of drug-likeness (QED) is 0.571. The van der Waals surface area contributed by atoms with Gasteiger partial charge in [-0.25, -0.2) is 0 Å². The third kappa shape index (κ3) is 6.10. The number of benzene rings is 2. The zero-order chi connectivity index (χ0) is 23.3. The Bertz CT molecular complexity index is 990. The lowest BCUT2D eigenvalue weighted by molar-refractivity contribution is -0.137. The van der Waals surface area contributed by atoms with Crippen molar-refractivity contribution in [3.63, 3.8) is 0 Å². The number of carbonyl (C=O) groups excluding carboxylic acids is 2. The molecule has 0 aromatic heterocycles. The third-order valence-corrected chi connectivity index (χ3v) is 5.29. The van der Waals surface area contributed by atoms with Gasteiger partial charge in [-0.3, -0.25) is 14.5 Å². The highest BCUT2D eigenvalue weighted by Crippen LogP contribution is 2.31. The van der Waals surface area contributed by atoms with E-state index in [-0.39, 0.29) is 23.8 Å². The van der Waals surface area contributed by atoms with Crippen LogP contribution in [0.5, 0.6) is 0 Å². The summed E-state index contributed by atoms with van der Waals surface area (Å²) in [6.45, 7) is 5.63. The summed E-state index contributed by atoms with van der Waals surface area (Å²) in [6, 6.07) is 10.5. The molecule has 9 heteroatoms. The van der Waals surface area contributed by atoms with Crippen molar-refractivity contribution < 1.29 is 22.8 Å². The van der Waals surface area contributed by atoms with E-state index in [4.69, 9.17) is 5.73 Å². The number of amides is 2. The molecule has 2 aromatic carbocycles. The maximum absolute atomic E-state index is 12.9. The molecular formula is C23H25F3N4O2. The molecule has 4 N–H and O–H groups in total. The zero-order valence-corrected chi connectivity index (χ0v) is 17.4. The second-order valence-corrected chi connectivity index (χ2v) is 7.72. The molecule has 1 fully saturated rings. The van der Waals surface area contributed by atoms with Gasteiger partial charge in [0.25, 0.3) is 5.91 Å². The highest BCUT2D eigenvalue weighted by molar-refractivity contribution is 6.00. The first-order valence-corrected chi connectivity index (χ1v) is 10.1. The first-order chi connectivity index (χ1) is 15.2. The Kier molecular flexibility index (Phi) is 7.19. The molecule has 6 nitrogen and oxygen atoms in total. The van der Waals surface area contributed by atoms with Crippen LogP contribution < -0.4 is 16.4 Å². The van der Waals surface area contributed by atoms with Crippen LogP contribution in [0.15, 0.2) is 49.0 Å². The average Bonchev–Trinajstić information content (AvgIpc) is 3.18. The number of hydrogen-bond donors (Lipinski definition) is 3. The highest BCUT2D eigenvalue weighted by Gasteiger charge is 2.31. The van der Waals surface area contributed by atoms with Crippen molar-refractivity contribution in [2.24, 2.45) is 0 Å². The van der Waals surface area contributed by atoms with Crippen molar-refractivity contribution in [1.29, 1.82) is 0 Å². The number of nitrogens with zero attached hydrogens (tertiary/aromatic N) is 1. The van der Waals surface area contributed by atoms with Crippen molar-refractivity contribution in [2.75, 3.05) is 25.4 Å². The first-order valence-electron chi connectivity index (χ1n) is 10.1. The summed E-state index contributed by atoms with van der Waals surface area (Å²) >= 11 is 0. The molecule has 0 unspecified atom stereocenters. The van der Waals surface area contributed by atoms with Crippen LogP contribution in [-0.4, -0.2) is 42.4 Å². The van der Waals surface area contributed by atoms with Gasteiger partial charge in [0.2, 0.25) is 5.91 Å². The van der Waals surface area contributed by atoms with Crippen LogP contribution in [0, 0.1) is 0 Å². The Morgan fingerprint density at radius 2 is 1.91 bits per heavy atom. The summed E-state index contributed by atoms with van der Waals surface area (Å²) in [7, 11) is 0. The fraction of sp³-hybridized carbons (Fsp3) is 0.304. The maximum Gasteiger partial charge on any atom is 0.416 e. The Morgan fingerprint density at radius 1 is 1.19 bits per heavy atom. The molecular weight excluding hydrogens is 421 g/mol. The number of carbonyl (C=O) groups is 2. The van der Waals surface area contributed by atoms with Gasteiger partial charge in [0, 0.05) is 31.4 Å². The summed E-state index contributed by atoms with van der Waals surface area (Å²) in [4.78, 5) is 26.7. The summed E-state index contributed by atoms with van der Waals surface area (Å²) in [5.74, 6) is -1.24. The van der Waals surface area contributed by atoms with E-state index in [1.165, 1.54) is 0 Å². The zero-order valence-electron chi connectivity index (χ0n) is 17.4. The molecule has 1 heterocycles. The minimum Gasteiger partial charge on any atom is -0.398 e. The second-order valence-electron chi connectivity index (χ2n) is 7.72. The van der Waals surface area contributed by atoms with E-state index in [2.05, 4.69) is 22.1 Å². The topological polar surface area (TPSA) is 87.5 Å². The highest BCUT2D eigenvalue weighted by atomic mass is 19.4. The summed E-state index contributed by atoms with van der Waals surface area (Å²) < 4.78 is 38.6. The van der Waals surface area contributed by atoms with Crippen LogP contribution >= 0.6 is 0 Å². The maximum atomic E-state index is 12.9. The molecule has 0 aliphatic carbocycles. The average molecular weight is 446 g/mol. The lowest BCUT2D eigenvalue weighted by Gasteiger charge is -2.17. The van der Waals surface area contributed by atoms with E-state index < -0.39 is 23.6 Å². The lowest BCUT2D eigenvalue weighted by Crippen LogP contribution is -2.43. The van der Waals surface area contributed by atoms with Gasteiger partial charge in [-0.2, -0.15) is 13.2 Å². The molecule has 32 heavy (non-hydrogen) atoms. The normalized spacial score (nSPS) is 16.5. The van der Waals surface area contributed by atoms with Gasteiger partial charge in [0.05, 0.1) is 17.7 Å². The largest absolute Gasteiger partial charge is 0.416 e. The van der Waals surface area contributed by atoms with Crippen molar-refractivity contribution in [1.82, 2.24) is 15.5 Å². The van der Waals surface area contributed by atoms with Crippen molar-refractivity contribution in [2.45, 2.75) is 25.2 Å². The van der Waals surface area contributed by atoms with E-state index in [0.29, 0.717) is 12.6 Å². The number of hydrogen-bond acceptors (Lipinski definition) is 4. The van der Waals surface area contributed by atoms with Crippen LogP contribution in [0.1, 0.15) is 33.5 Å². The number of halogens is 3. The van der Waals surface area contributed by atoms with Crippen LogP contribution in [0.4, 0.5) is 18.9 Å². The predicted molar refractivity (Wildman–Crippen MR) is 117 cm³/mol. The molecule has 1 aliphatic heterocycles. The molecule has 3 rings (SSSR count). The van der Waals surface area contributed by atoms with E-state index in [1.54, 1.807) is 6.08 Å². The van der Waals surface area contributed by atoms with Crippen LogP contribution in [0.25, 0.3) is 6.08 Å². The minimum absolute atomic E-state index is 0.0644. The van der Waals surface area contributed by atoms with Crippen molar-refractivity contribution >= 4 is 23.6 Å². The number of rotatable bonds is 7. The number of nitrogens with one attached hydrogen (secondary N) is 2. The smallest absolute Gasteiger partial charge is 0.398 e. The summed E-state index contributed by atoms with van der Waals surface area (Å²) in [5, 5.41) is 5.18. The van der Waals surface area contributed by atoms with Crippen molar-refractivity contribution in [3.05, 3.63) is 71.3 Å². The fourth-order valence-corrected chi connectivity index (χ4v) is 3.58. The van der Waals surface area contributed by atoms with E-state index in [1.807, 2.05) is 24.3 Å². The number of nitrogen functional groups attached to an aromatic ring is 1. The molecule has 0 bridgehead atoms. The third-order valence-electron chi connectivity index (χ3n) is 5.29. The number of nitrogens with two attached hydrogens (primary N) is 1. The predicted octanol–water partition coefficient (Wildman–Crippen LogP) is 3.05. The van der Waals surface area contributed by atoms with E-state index in [9.17, 15) is 22.8 Å². The van der Waals surface area contributed by atoms with Gasteiger partial charge in [-0.15, -0.1) is 0 Å². The molecule has 2 aromatic rings. The van der Waals surface area contributed by atoms with Gasteiger partial charge in [0.15, 0.2) is 0 Å². The molecule has 1 atom stereocenters. The Labute approximate surface area is 184 Å². The van der Waals surface area contributed by atoms with Gasteiger partial charge in [-0.05, 0) is 35.7 Å². The first kappa shape index (κ1) is 23.3. The molecule has 0 radical (unpaired) electrons. The van der Waals surface area contributed by atoms with Gasteiger partial charge in [-0.1, -0.05) is 36.9 Å². The summed E-state index contributed by atoms with van der Waals surface area (Å²) in [6.07, 6.45) is -2.04. The summed E-state index contributed by atoms with van der Waals surface area (Å²) in [5.41, 5.74) is 6.45. The van der Waals surface area contributed by atoms with Gasteiger partial charge in [0.1, 0.15) is 0 Å². The standard InChI is InChI=1S/C23H25F3N4O2/c1-2-15-3-5-16(6-4-15)13-30-10-9-18(14-30)29-21(31)12-28-22(32)19-11-17(23(24,25)26)7-8-20(19)27/h2-8,11,18H,1,9-10,12-14,27H2,(H,28,32)(H,29,31)/t18-/m1/s1. The SMILES string of the molecule is C=Cc1ccc(CN2CC[C@@H](NC(=O)CNC(=O)c3cc(C(F)(F)F)ccc3N)C2)cc1. The van der Waals surface area contributed by atoms with Crippen LogP contribution in [-0.2, 0) is 17.5 Å². The van der Waals surface area contributed by atoms with Crippen LogP contribution in [0.2, 0.25) is 0 Å². The number of alkyl halides is 3. The molecule has 170 valence electrons. The Morgan fingerprint density at radius 3 is 2.56 bits per heavy atom. The lowest BCUT2D eigenvalue weighted by atomic mass is 10.1. The second kappa shape index (κ2) is 9.86. The number of anilines is 1. The molecule has 1 aliphatic rings. The molecule has 0 saturated carbocycles.